The Hall–Kier alpha value is -1.51. The van der Waals surface area contributed by atoms with Crippen molar-refractivity contribution in [2.45, 2.75) is 32.8 Å². The highest BCUT2D eigenvalue weighted by atomic mass is 16.5. The molecule has 0 saturated heterocycles. The summed E-state index contributed by atoms with van der Waals surface area (Å²) in [6.07, 6.45) is 2.65. The summed E-state index contributed by atoms with van der Waals surface area (Å²) >= 11 is 0. The molecule has 0 unspecified atom stereocenters. The summed E-state index contributed by atoms with van der Waals surface area (Å²) in [6, 6.07) is 2.00. The standard InChI is InChI=1S/C13H17NO2/c1-5-15-9(2)11-6-10-7-13(3,4)16-12(10)8-14-11/h6,8H,2,5,7H2,1,3-4H3. The molecule has 0 bridgehead atoms. The molecule has 0 N–H and O–H groups in total. The average molecular weight is 219 g/mol. The Morgan fingerprint density at radius 1 is 1.62 bits per heavy atom. The minimum atomic E-state index is -0.129. The fraction of sp³-hybridized carbons (Fsp3) is 0.462. The molecule has 0 spiro atoms. The molecule has 0 saturated carbocycles. The van der Waals surface area contributed by atoms with Crippen molar-refractivity contribution in [2.24, 2.45) is 0 Å². The van der Waals surface area contributed by atoms with Crippen LogP contribution in [0.5, 0.6) is 5.75 Å². The summed E-state index contributed by atoms with van der Waals surface area (Å²) in [5.41, 5.74) is 1.84. The lowest BCUT2D eigenvalue weighted by Crippen LogP contribution is -2.24. The number of ether oxygens (including phenoxy) is 2. The maximum absolute atomic E-state index is 5.76. The SMILES string of the molecule is C=C(OCC)c1cc2c(cn1)OC(C)(C)C2. The van der Waals surface area contributed by atoms with E-state index in [0.717, 1.165) is 17.9 Å². The maximum Gasteiger partial charge on any atom is 0.141 e. The van der Waals surface area contributed by atoms with Crippen molar-refractivity contribution >= 4 is 5.76 Å². The van der Waals surface area contributed by atoms with E-state index in [-0.39, 0.29) is 5.60 Å². The van der Waals surface area contributed by atoms with Gasteiger partial charge in [0.1, 0.15) is 22.8 Å². The Kier molecular flexibility index (Phi) is 2.62. The van der Waals surface area contributed by atoms with Gasteiger partial charge in [-0.1, -0.05) is 6.58 Å². The lowest BCUT2D eigenvalue weighted by atomic mass is 10.0. The van der Waals surface area contributed by atoms with Gasteiger partial charge in [-0.25, -0.2) is 4.98 Å². The minimum Gasteiger partial charge on any atom is -0.492 e. The van der Waals surface area contributed by atoms with Gasteiger partial charge in [-0.2, -0.15) is 0 Å². The normalized spacial score (nSPS) is 16.4. The molecule has 2 heterocycles. The summed E-state index contributed by atoms with van der Waals surface area (Å²) < 4.78 is 11.1. The first-order valence-electron chi connectivity index (χ1n) is 5.52. The van der Waals surface area contributed by atoms with Gasteiger partial charge in [0.15, 0.2) is 0 Å². The Balaban J connectivity index is 2.26. The summed E-state index contributed by atoms with van der Waals surface area (Å²) in [5.74, 6) is 1.49. The molecule has 0 radical (unpaired) electrons. The molecule has 2 rings (SSSR count). The van der Waals surface area contributed by atoms with Gasteiger partial charge in [-0.15, -0.1) is 0 Å². The van der Waals surface area contributed by atoms with E-state index in [4.69, 9.17) is 9.47 Å². The number of rotatable bonds is 3. The average Bonchev–Trinajstić information content (AvgIpc) is 2.50. The van der Waals surface area contributed by atoms with Gasteiger partial charge in [0.2, 0.25) is 0 Å². The largest absolute Gasteiger partial charge is 0.492 e. The van der Waals surface area contributed by atoms with E-state index in [1.165, 1.54) is 5.56 Å². The number of fused-ring (bicyclic) bond motifs is 1. The van der Waals surface area contributed by atoms with Gasteiger partial charge in [0, 0.05) is 12.0 Å². The molecule has 0 fully saturated rings. The first-order valence-corrected chi connectivity index (χ1v) is 5.52. The Bertz CT molecular complexity index is 424. The van der Waals surface area contributed by atoms with Crippen LogP contribution in [0.3, 0.4) is 0 Å². The van der Waals surface area contributed by atoms with Gasteiger partial charge >= 0.3 is 0 Å². The van der Waals surface area contributed by atoms with Crippen molar-refractivity contribution in [3.8, 4) is 5.75 Å². The fourth-order valence-corrected chi connectivity index (χ4v) is 1.91. The van der Waals surface area contributed by atoms with E-state index in [2.05, 4.69) is 25.4 Å². The summed E-state index contributed by atoms with van der Waals surface area (Å²) in [5, 5.41) is 0. The van der Waals surface area contributed by atoms with Crippen LogP contribution in [0.4, 0.5) is 0 Å². The number of hydrogen-bond donors (Lipinski definition) is 0. The highest BCUT2D eigenvalue weighted by Gasteiger charge is 2.30. The van der Waals surface area contributed by atoms with E-state index < -0.39 is 0 Å². The molecule has 0 aliphatic carbocycles. The van der Waals surface area contributed by atoms with Crippen molar-refractivity contribution in [3.63, 3.8) is 0 Å². The zero-order chi connectivity index (χ0) is 11.8. The Labute approximate surface area is 96.1 Å². The lowest BCUT2D eigenvalue weighted by molar-refractivity contribution is 0.138. The molecule has 1 aliphatic rings. The number of pyridine rings is 1. The van der Waals surface area contributed by atoms with Crippen LogP contribution >= 0.6 is 0 Å². The molecule has 3 nitrogen and oxygen atoms in total. The first-order chi connectivity index (χ1) is 7.52. The number of aromatic nitrogens is 1. The van der Waals surface area contributed by atoms with Crippen molar-refractivity contribution in [1.29, 1.82) is 0 Å². The molecule has 86 valence electrons. The highest BCUT2D eigenvalue weighted by molar-refractivity contribution is 5.56. The van der Waals surface area contributed by atoms with Crippen LogP contribution in [-0.2, 0) is 11.2 Å². The third kappa shape index (κ3) is 2.03. The van der Waals surface area contributed by atoms with Gasteiger partial charge in [0.05, 0.1) is 12.8 Å². The zero-order valence-corrected chi connectivity index (χ0v) is 10.0. The summed E-state index contributed by atoms with van der Waals surface area (Å²) in [4.78, 5) is 4.28. The van der Waals surface area contributed by atoms with E-state index >= 15 is 0 Å². The predicted octanol–water partition coefficient (Wildman–Crippen LogP) is 2.80. The second-order valence-electron chi connectivity index (χ2n) is 4.57. The Morgan fingerprint density at radius 2 is 2.38 bits per heavy atom. The second-order valence-corrected chi connectivity index (χ2v) is 4.57. The first kappa shape index (κ1) is 11.0. The van der Waals surface area contributed by atoms with Gasteiger partial charge < -0.3 is 9.47 Å². The van der Waals surface area contributed by atoms with E-state index in [0.29, 0.717) is 12.4 Å². The maximum atomic E-state index is 5.76. The fourth-order valence-electron chi connectivity index (χ4n) is 1.91. The van der Waals surface area contributed by atoms with Crippen LogP contribution in [0.15, 0.2) is 18.8 Å². The van der Waals surface area contributed by atoms with Gasteiger partial charge in [0.25, 0.3) is 0 Å². The van der Waals surface area contributed by atoms with Crippen LogP contribution in [0.2, 0.25) is 0 Å². The quantitative estimate of drug-likeness (QED) is 0.732. The van der Waals surface area contributed by atoms with Gasteiger partial charge in [-0.05, 0) is 26.8 Å². The second kappa shape index (κ2) is 3.81. The van der Waals surface area contributed by atoms with E-state index in [1.807, 2.05) is 13.0 Å². The van der Waals surface area contributed by atoms with Crippen LogP contribution in [0, 0.1) is 0 Å². The molecule has 0 amide bonds. The van der Waals surface area contributed by atoms with Crippen LogP contribution in [0.1, 0.15) is 32.0 Å². The van der Waals surface area contributed by atoms with Crippen LogP contribution in [-0.4, -0.2) is 17.2 Å². The molecule has 0 aromatic carbocycles. The van der Waals surface area contributed by atoms with Crippen LogP contribution < -0.4 is 4.74 Å². The van der Waals surface area contributed by atoms with Gasteiger partial charge in [-0.3, -0.25) is 0 Å². The van der Waals surface area contributed by atoms with Crippen molar-refractivity contribution < 1.29 is 9.47 Å². The monoisotopic (exact) mass is 219 g/mol. The van der Waals surface area contributed by atoms with E-state index in [9.17, 15) is 0 Å². The molecule has 1 aromatic rings. The molecule has 3 heteroatoms. The van der Waals surface area contributed by atoms with Crippen LogP contribution in [0.25, 0.3) is 5.76 Å². The van der Waals surface area contributed by atoms with Crippen molar-refractivity contribution in [1.82, 2.24) is 4.98 Å². The predicted molar refractivity (Wildman–Crippen MR) is 63.3 cm³/mol. The van der Waals surface area contributed by atoms with Crippen molar-refractivity contribution in [2.75, 3.05) is 6.61 Å². The molecular formula is C13H17NO2. The topological polar surface area (TPSA) is 31.4 Å². The number of hydrogen-bond acceptors (Lipinski definition) is 3. The molecule has 16 heavy (non-hydrogen) atoms. The van der Waals surface area contributed by atoms with Crippen molar-refractivity contribution in [3.05, 3.63) is 30.1 Å². The molecule has 1 aromatic heterocycles. The molecular weight excluding hydrogens is 202 g/mol. The minimum absolute atomic E-state index is 0.129. The Morgan fingerprint density at radius 3 is 3.06 bits per heavy atom. The zero-order valence-electron chi connectivity index (χ0n) is 10.0. The molecule has 0 atom stereocenters. The van der Waals surface area contributed by atoms with E-state index in [1.54, 1.807) is 6.20 Å². The third-order valence-electron chi connectivity index (χ3n) is 2.56. The molecule has 1 aliphatic heterocycles. The summed E-state index contributed by atoms with van der Waals surface area (Å²) in [6.45, 7) is 10.5. The summed E-state index contributed by atoms with van der Waals surface area (Å²) in [7, 11) is 0. The number of nitrogens with zero attached hydrogens (tertiary/aromatic N) is 1. The third-order valence-corrected chi connectivity index (χ3v) is 2.56. The smallest absolute Gasteiger partial charge is 0.141 e. The lowest BCUT2D eigenvalue weighted by Gasteiger charge is -2.16. The highest BCUT2D eigenvalue weighted by Crippen LogP contribution is 2.35.